The van der Waals surface area contributed by atoms with Crippen LogP contribution >= 0.6 is 0 Å². The zero-order valence-electron chi connectivity index (χ0n) is 13.4. The fraction of sp³-hybridized carbons (Fsp3) is 0.438. The molecule has 2 rings (SSSR count). The van der Waals surface area contributed by atoms with Gasteiger partial charge < -0.3 is 5.32 Å². The van der Waals surface area contributed by atoms with E-state index in [4.69, 9.17) is 0 Å². The summed E-state index contributed by atoms with van der Waals surface area (Å²) < 4.78 is 1.80. The molecule has 0 aromatic carbocycles. The predicted octanol–water partition coefficient (Wildman–Crippen LogP) is 1.51. The van der Waals surface area contributed by atoms with Crippen molar-refractivity contribution < 1.29 is 4.79 Å². The summed E-state index contributed by atoms with van der Waals surface area (Å²) in [6.45, 7) is 3.10. The summed E-state index contributed by atoms with van der Waals surface area (Å²) in [6.07, 6.45) is 6.14. The van der Waals surface area contributed by atoms with E-state index in [0.29, 0.717) is 13.1 Å². The SMILES string of the molecule is CCC(NC(=O)CN(C)Cc1cccnc1)c1ccnn1C. The third kappa shape index (κ3) is 4.39. The second kappa shape index (κ2) is 7.70. The molecule has 118 valence electrons. The number of rotatable bonds is 7. The molecule has 2 aromatic rings. The summed E-state index contributed by atoms with van der Waals surface area (Å²) in [6, 6.07) is 5.84. The Bertz CT molecular complexity index is 596. The van der Waals surface area contributed by atoms with Gasteiger partial charge in [0.15, 0.2) is 0 Å². The van der Waals surface area contributed by atoms with Crippen molar-refractivity contribution in [1.82, 2.24) is 25.0 Å². The van der Waals surface area contributed by atoms with Crippen molar-refractivity contribution in [3.8, 4) is 0 Å². The van der Waals surface area contributed by atoms with Gasteiger partial charge in [0.1, 0.15) is 0 Å². The van der Waals surface area contributed by atoms with E-state index in [1.165, 1.54) is 0 Å². The minimum Gasteiger partial charge on any atom is -0.347 e. The third-order valence-electron chi connectivity index (χ3n) is 3.55. The van der Waals surface area contributed by atoms with Crippen LogP contribution in [-0.4, -0.2) is 39.2 Å². The number of nitrogens with one attached hydrogen (secondary N) is 1. The Kier molecular flexibility index (Phi) is 5.66. The van der Waals surface area contributed by atoms with Crippen LogP contribution in [0.5, 0.6) is 0 Å². The summed E-state index contributed by atoms with van der Waals surface area (Å²) in [5.74, 6) is 0.0134. The van der Waals surface area contributed by atoms with Crippen LogP contribution < -0.4 is 5.32 Å². The number of aryl methyl sites for hydroxylation is 1. The van der Waals surface area contributed by atoms with Crippen LogP contribution in [0.3, 0.4) is 0 Å². The Morgan fingerprint density at radius 1 is 1.41 bits per heavy atom. The Morgan fingerprint density at radius 3 is 2.82 bits per heavy atom. The van der Waals surface area contributed by atoms with Crippen LogP contribution in [0.15, 0.2) is 36.8 Å². The largest absolute Gasteiger partial charge is 0.347 e. The molecule has 0 saturated carbocycles. The number of aromatic nitrogens is 3. The molecule has 6 heteroatoms. The maximum Gasteiger partial charge on any atom is 0.234 e. The van der Waals surface area contributed by atoms with Crippen LogP contribution in [0.4, 0.5) is 0 Å². The van der Waals surface area contributed by atoms with Gasteiger partial charge in [0.25, 0.3) is 0 Å². The van der Waals surface area contributed by atoms with Crippen molar-refractivity contribution in [2.45, 2.75) is 25.9 Å². The number of carbonyl (C=O) groups excluding carboxylic acids is 1. The van der Waals surface area contributed by atoms with Gasteiger partial charge in [-0.05, 0) is 31.2 Å². The van der Waals surface area contributed by atoms with Gasteiger partial charge in [-0.3, -0.25) is 19.4 Å². The number of likely N-dealkylation sites (N-methyl/N-ethyl adjacent to an activating group) is 1. The number of hydrogen-bond acceptors (Lipinski definition) is 4. The van der Waals surface area contributed by atoms with Crippen molar-refractivity contribution in [2.75, 3.05) is 13.6 Å². The lowest BCUT2D eigenvalue weighted by Crippen LogP contribution is -2.37. The molecule has 0 bridgehead atoms. The van der Waals surface area contributed by atoms with E-state index in [-0.39, 0.29) is 11.9 Å². The number of nitrogens with zero attached hydrogens (tertiary/aromatic N) is 4. The summed E-state index contributed by atoms with van der Waals surface area (Å²) in [5, 5.41) is 7.23. The molecule has 0 aliphatic carbocycles. The highest BCUT2D eigenvalue weighted by Crippen LogP contribution is 2.15. The minimum absolute atomic E-state index is 0.00760. The quantitative estimate of drug-likeness (QED) is 0.842. The first-order chi connectivity index (χ1) is 10.6. The monoisotopic (exact) mass is 301 g/mol. The zero-order chi connectivity index (χ0) is 15.9. The van der Waals surface area contributed by atoms with E-state index in [1.807, 2.05) is 43.4 Å². The van der Waals surface area contributed by atoms with Gasteiger partial charge >= 0.3 is 0 Å². The van der Waals surface area contributed by atoms with Crippen molar-refractivity contribution in [2.24, 2.45) is 7.05 Å². The molecular weight excluding hydrogens is 278 g/mol. The molecule has 0 aliphatic heterocycles. The normalized spacial score (nSPS) is 12.4. The molecule has 1 amide bonds. The molecule has 0 fully saturated rings. The first-order valence-corrected chi connectivity index (χ1v) is 7.45. The van der Waals surface area contributed by atoms with Gasteiger partial charge in [0.2, 0.25) is 5.91 Å². The maximum atomic E-state index is 12.2. The second-order valence-electron chi connectivity index (χ2n) is 5.44. The molecular formula is C16H23N5O. The average molecular weight is 301 g/mol. The Hall–Kier alpha value is -2.21. The van der Waals surface area contributed by atoms with E-state index < -0.39 is 0 Å². The van der Waals surface area contributed by atoms with Crippen molar-refractivity contribution in [3.05, 3.63) is 48.0 Å². The van der Waals surface area contributed by atoms with E-state index >= 15 is 0 Å². The van der Waals surface area contributed by atoms with Gasteiger partial charge in [-0.15, -0.1) is 0 Å². The second-order valence-corrected chi connectivity index (χ2v) is 5.44. The number of pyridine rings is 1. The van der Waals surface area contributed by atoms with E-state index in [2.05, 4.69) is 22.3 Å². The average Bonchev–Trinajstić information content (AvgIpc) is 2.91. The molecule has 0 saturated heterocycles. The van der Waals surface area contributed by atoms with Crippen molar-refractivity contribution in [1.29, 1.82) is 0 Å². The van der Waals surface area contributed by atoms with Crippen LogP contribution in [0, 0.1) is 0 Å². The lowest BCUT2D eigenvalue weighted by atomic mass is 10.1. The highest BCUT2D eigenvalue weighted by Gasteiger charge is 2.16. The fourth-order valence-corrected chi connectivity index (χ4v) is 2.46. The molecule has 0 spiro atoms. The Balaban J connectivity index is 1.87. The van der Waals surface area contributed by atoms with Gasteiger partial charge in [0.05, 0.1) is 18.3 Å². The van der Waals surface area contributed by atoms with Crippen molar-refractivity contribution >= 4 is 5.91 Å². The Morgan fingerprint density at radius 2 is 2.23 bits per heavy atom. The minimum atomic E-state index is -0.00760. The molecule has 2 heterocycles. The predicted molar refractivity (Wildman–Crippen MR) is 85.0 cm³/mol. The molecule has 6 nitrogen and oxygen atoms in total. The number of carbonyl (C=O) groups is 1. The highest BCUT2D eigenvalue weighted by atomic mass is 16.2. The van der Waals surface area contributed by atoms with Crippen LogP contribution in [-0.2, 0) is 18.4 Å². The standard InChI is InChI=1S/C16H23N5O/c1-4-14(15-7-9-18-21(15)3)19-16(22)12-20(2)11-13-6-5-8-17-10-13/h5-10,14H,4,11-12H2,1-3H3,(H,19,22). The van der Waals surface area contributed by atoms with E-state index in [0.717, 1.165) is 17.7 Å². The van der Waals surface area contributed by atoms with Crippen LogP contribution in [0.1, 0.15) is 30.6 Å². The van der Waals surface area contributed by atoms with Gasteiger partial charge in [-0.1, -0.05) is 13.0 Å². The topological polar surface area (TPSA) is 63.1 Å². The van der Waals surface area contributed by atoms with Crippen LogP contribution in [0.25, 0.3) is 0 Å². The fourth-order valence-electron chi connectivity index (χ4n) is 2.46. The first-order valence-electron chi connectivity index (χ1n) is 7.45. The van der Waals surface area contributed by atoms with Crippen LogP contribution in [0.2, 0.25) is 0 Å². The maximum absolute atomic E-state index is 12.2. The molecule has 1 unspecified atom stereocenters. The van der Waals surface area contributed by atoms with Gasteiger partial charge in [0, 0.05) is 32.2 Å². The summed E-state index contributed by atoms with van der Waals surface area (Å²) in [4.78, 5) is 18.3. The molecule has 2 aromatic heterocycles. The smallest absolute Gasteiger partial charge is 0.234 e. The van der Waals surface area contributed by atoms with E-state index in [1.54, 1.807) is 17.1 Å². The summed E-state index contributed by atoms with van der Waals surface area (Å²) in [7, 11) is 3.82. The highest BCUT2D eigenvalue weighted by molar-refractivity contribution is 5.78. The molecule has 1 N–H and O–H groups in total. The lowest BCUT2D eigenvalue weighted by Gasteiger charge is -2.20. The molecule has 22 heavy (non-hydrogen) atoms. The van der Waals surface area contributed by atoms with Crippen molar-refractivity contribution in [3.63, 3.8) is 0 Å². The third-order valence-corrected chi connectivity index (χ3v) is 3.55. The number of amides is 1. The summed E-state index contributed by atoms with van der Waals surface area (Å²) >= 11 is 0. The van der Waals surface area contributed by atoms with Gasteiger partial charge in [-0.2, -0.15) is 5.10 Å². The molecule has 0 aliphatic rings. The molecule has 0 radical (unpaired) electrons. The van der Waals surface area contributed by atoms with E-state index in [9.17, 15) is 4.79 Å². The molecule has 1 atom stereocenters. The first kappa shape index (κ1) is 16.2. The lowest BCUT2D eigenvalue weighted by molar-refractivity contribution is -0.122. The Labute approximate surface area is 131 Å². The van der Waals surface area contributed by atoms with Gasteiger partial charge in [-0.25, -0.2) is 0 Å². The number of hydrogen-bond donors (Lipinski definition) is 1. The zero-order valence-corrected chi connectivity index (χ0v) is 13.4. The summed E-state index contributed by atoms with van der Waals surface area (Å²) in [5.41, 5.74) is 2.11.